The molecule has 0 aliphatic carbocycles. The molecule has 0 unspecified atom stereocenters. The monoisotopic (exact) mass is 240 g/mol. The largest absolute Gasteiger partial charge is 0.469 e. The van der Waals surface area contributed by atoms with Crippen LogP contribution in [0.1, 0.15) is 21.7 Å². The number of ketones is 1. The number of benzene rings is 1. The van der Waals surface area contributed by atoms with Gasteiger partial charge in [-0.1, -0.05) is 0 Å². The van der Waals surface area contributed by atoms with Crippen LogP contribution in [0.4, 0.5) is 13.2 Å². The Morgan fingerprint density at radius 1 is 1.06 bits per heavy atom. The molecule has 88 valence electrons. The van der Waals surface area contributed by atoms with E-state index in [1.54, 1.807) is 6.92 Å². The summed E-state index contributed by atoms with van der Waals surface area (Å²) in [5.41, 5.74) is -0.433. The highest BCUT2D eigenvalue weighted by Crippen LogP contribution is 2.18. The van der Waals surface area contributed by atoms with Gasteiger partial charge in [-0.05, 0) is 19.1 Å². The lowest BCUT2D eigenvalue weighted by molar-refractivity contribution is 0.103. The highest BCUT2D eigenvalue weighted by atomic mass is 19.2. The number of furan rings is 1. The van der Waals surface area contributed by atoms with Gasteiger partial charge in [0.2, 0.25) is 0 Å². The molecule has 2 rings (SSSR count). The molecule has 0 fully saturated rings. The summed E-state index contributed by atoms with van der Waals surface area (Å²) in [5.74, 6) is -3.99. The van der Waals surface area contributed by atoms with Gasteiger partial charge in [0.05, 0.1) is 11.1 Å². The van der Waals surface area contributed by atoms with E-state index in [0.29, 0.717) is 17.9 Å². The Morgan fingerprint density at radius 2 is 1.71 bits per heavy atom. The fraction of sp³-hybridized carbons (Fsp3) is 0.0833. The predicted molar refractivity (Wildman–Crippen MR) is 53.2 cm³/mol. The van der Waals surface area contributed by atoms with Crippen molar-refractivity contribution < 1.29 is 22.4 Å². The van der Waals surface area contributed by atoms with E-state index in [9.17, 15) is 18.0 Å². The third kappa shape index (κ3) is 2.08. The summed E-state index contributed by atoms with van der Waals surface area (Å²) in [5, 5.41) is 0. The Balaban J connectivity index is 2.47. The van der Waals surface area contributed by atoms with E-state index in [1.165, 1.54) is 6.07 Å². The maximum atomic E-state index is 13.3. The zero-order valence-electron chi connectivity index (χ0n) is 8.76. The van der Waals surface area contributed by atoms with Crippen molar-refractivity contribution in [1.29, 1.82) is 0 Å². The fourth-order valence-electron chi connectivity index (χ4n) is 1.41. The lowest BCUT2D eigenvalue weighted by atomic mass is 10.0. The van der Waals surface area contributed by atoms with E-state index in [0.717, 1.165) is 6.26 Å². The van der Waals surface area contributed by atoms with Gasteiger partial charge in [-0.3, -0.25) is 4.79 Å². The molecule has 0 amide bonds. The molecule has 5 heteroatoms. The highest BCUT2D eigenvalue weighted by Gasteiger charge is 2.18. The first-order chi connectivity index (χ1) is 7.99. The Morgan fingerprint density at radius 3 is 2.29 bits per heavy atom. The van der Waals surface area contributed by atoms with Crippen molar-refractivity contribution >= 4 is 5.78 Å². The van der Waals surface area contributed by atoms with Crippen LogP contribution in [0.3, 0.4) is 0 Å². The molecule has 0 aliphatic rings. The van der Waals surface area contributed by atoms with Gasteiger partial charge in [0, 0.05) is 6.07 Å². The zero-order chi connectivity index (χ0) is 12.6. The van der Waals surface area contributed by atoms with E-state index in [1.807, 2.05) is 0 Å². The quantitative estimate of drug-likeness (QED) is 0.595. The van der Waals surface area contributed by atoms with E-state index in [-0.39, 0.29) is 5.56 Å². The van der Waals surface area contributed by atoms with E-state index in [2.05, 4.69) is 0 Å². The first kappa shape index (κ1) is 11.4. The number of hydrogen-bond donors (Lipinski definition) is 0. The summed E-state index contributed by atoms with van der Waals surface area (Å²) in [6.07, 6.45) is 1.14. The molecule has 0 bridgehead atoms. The Labute approximate surface area is 94.7 Å². The van der Waals surface area contributed by atoms with Crippen LogP contribution < -0.4 is 0 Å². The molecule has 0 N–H and O–H groups in total. The van der Waals surface area contributed by atoms with E-state index in [4.69, 9.17) is 4.42 Å². The van der Waals surface area contributed by atoms with Crippen molar-refractivity contribution in [2.75, 3.05) is 0 Å². The average Bonchev–Trinajstić information content (AvgIpc) is 2.69. The average molecular weight is 240 g/mol. The summed E-state index contributed by atoms with van der Waals surface area (Å²) < 4.78 is 43.8. The molecule has 0 spiro atoms. The second-order valence-corrected chi connectivity index (χ2v) is 3.52. The second kappa shape index (κ2) is 4.08. The normalized spacial score (nSPS) is 10.6. The molecule has 1 aromatic carbocycles. The number of carbonyl (C=O) groups excluding carboxylic acids is 1. The maximum Gasteiger partial charge on any atom is 0.199 e. The van der Waals surface area contributed by atoms with Gasteiger partial charge in [-0.25, -0.2) is 13.2 Å². The Hall–Kier alpha value is -2.04. The maximum absolute atomic E-state index is 13.3. The van der Waals surface area contributed by atoms with Crippen molar-refractivity contribution in [3.63, 3.8) is 0 Å². The number of carbonyl (C=O) groups is 1. The van der Waals surface area contributed by atoms with Crippen molar-refractivity contribution in [1.82, 2.24) is 0 Å². The van der Waals surface area contributed by atoms with Crippen LogP contribution in [-0.2, 0) is 0 Å². The molecule has 0 atom stereocenters. The third-order valence-corrected chi connectivity index (χ3v) is 2.25. The van der Waals surface area contributed by atoms with Crippen LogP contribution >= 0.6 is 0 Å². The van der Waals surface area contributed by atoms with Crippen LogP contribution in [0, 0.1) is 24.4 Å². The van der Waals surface area contributed by atoms with Gasteiger partial charge in [0.25, 0.3) is 0 Å². The molecule has 1 aromatic heterocycles. The topological polar surface area (TPSA) is 30.2 Å². The van der Waals surface area contributed by atoms with Crippen molar-refractivity contribution in [2.24, 2.45) is 0 Å². The highest BCUT2D eigenvalue weighted by molar-refractivity contribution is 6.09. The minimum absolute atomic E-state index is 0.0902. The first-order valence-corrected chi connectivity index (χ1v) is 4.73. The molecule has 0 saturated carbocycles. The molecule has 17 heavy (non-hydrogen) atoms. The molecular weight excluding hydrogens is 233 g/mol. The van der Waals surface area contributed by atoms with Gasteiger partial charge < -0.3 is 4.42 Å². The molecule has 0 saturated heterocycles. The van der Waals surface area contributed by atoms with Gasteiger partial charge in [0.1, 0.15) is 17.8 Å². The SMILES string of the molecule is Cc1cc(C(=O)c2cc(F)c(F)cc2F)co1. The minimum atomic E-state index is -1.33. The Kier molecular flexibility index (Phi) is 2.75. The van der Waals surface area contributed by atoms with Gasteiger partial charge >= 0.3 is 0 Å². The van der Waals surface area contributed by atoms with E-state index >= 15 is 0 Å². The van der Waals surface area contributed by atoms with E-state index < -0.39 is 28.8 Å². The number of halogens is 3. The third-order valence-electron chi connectivity index (χ3n) is 2.25. The van der Waals surface area contributed by atoms with Crippen LogP contribution in [0.25, 0.3) is 0 Å². The fourth-order valence-corrected chi connectivity index (χ4v) is 1.41. The summed E-state index contributed by atoms with van der Waals surface area (Å²) in [4.78, 5) is 11.8. The molecule has 1 heterocycles. The smallest absolute Gasteiger partial charge is 0.199 e. The predicted octanol–water partition coefficient (Wildman–Crippen LogP) is 3.24. The number of rotatable bonds is 2. The van der Waals surface area contributed by atoms with Gasteiger partial charge in [-0.2, -0.15) is 0 Å². The second-order valence-electron chi connectivity index (χ2n) is 3.52. The molecule has 2 aromatic rings. The summed E-state index contributed by atoms with van der Waals surface area (Å²) in [6, 6.07) is 2.27. The van der Waals surface area contributed by atoms with Crippen LogP contribution in [0.5, 0.6) is 0 Å². The van der Waals surface area contributed by atoms with Crippen LogP contribution in [0.2, 0.25) is 0 Å². The standard InChI is InChI=1S/C12H7F3O2/c1-6-2-7(5-17-6)12(16)8-3-10(14)11(15)4-9(8)13/h2-5H,1H3. The molecular formula is C12H7F3O2. The molecule has 0 aliphatic heterocycles. The lowest BCUT2D eigenvalue weighted by Gasteiger charge is -2.01. The van der Waals surface area contributed by atoms with Crippen LogP contribution in [-0.4, -0.2) is 5.78 Å². The summed E-state index contributed by atoms with van der Waals surface area (Å²) in [7, 11) is 0. The number of hydrogen-bond acceptors (Lipinski definition) is 2. The summed E-state index contributed by atoms with van der Waals surface area (Å²) >= 11 is 0. The zero-order valence-corrected chi connectivity index (χ0v) is 8.76. The Bertz CT molecular complexity index is 587. The van der Waals surface area contributed by atoms with Gasteiger partial charge in [0.15, 0.2) is 17.4 Å². The number of aryl methyl sites for hydroxylation is 1. The van der Waals surface area contributed by atoms with Crippen molar-refractivity contribution in [3.8, 4) is 0 Å². The van der Waals surface area contributed by atoms with Gasteiger partial charge in [-0.15, -0.1) is 0 Å². The molecule has 0 radical (unpaired) electrons. The van der Waals surface area contributed by atoms with Crippen molar-refractivity contribution in [3.05, 3.63) is 58.8 Å². The lowest BCUT2D eigenvalue weighted by Crippen LogP contribution is -2.05. The first-order valence-electron chi connectivity index (χ1n) is 4.73. The minimum Gasteiger partial charge on any atom is -0.469 e. The summed E-state index contributed by atoms with van der Waals surface area (Å²) in [6.45, 7) is 1.61. The molecule has 2 nitrogen and oxygen atoms in total. The van der Waals surface area contributed by atoms with Crippen LogP contribution in [0.15, 0.2) is 28.9 Å². The van der Waals surface area contributed by atoms with Crippen molar-refractivity contribution in [2.45, 2.75) is 6.92 Å².